The maximum Gasteiger partial charge on any atom is 0.259 e. The molecule has 0 spiro atoms. The zero-order chi connectivity index (χ0) is 13.4. The first kappa shape index (κ1) is 11.3. The van der Waals surface area contributed by atoms with Gasteiger partial charge >= 0.3 is 0 Å². The standard InChI is InChI=1S/C13H13N5O/c1-18-5-4-12(17-18)16-13(19)10-7-15-11-6-8(14)2-3-9(10)11/h2-7,15H,14H2,1H3,(H,16,17,19). The summed E-state index contributed by atoms with van der Waals surface area (Å²) in [5, 5.41) is 7.69. The molecule has 0 saturated carbocycles. The largest absolute Gasteiger partial charge is 0.399 e. The van der Waals surface area contributed by atoms with Gasteiger partial charge in [-0.15, -0.1) is 0 Å². The number of benzene rings is 1. The summed E-state index contributed by atoms with van der Waals surface area (Å²) >= 11 is 0. The third-order valence-electron chi connectivity index (χ3n) is 2.91. The second-order valence-corrected chi connectivity index (χ2v) is 4.34. The van der Waals surface area contributed by atoms with Crippen LogP contribution in [0.25, 0.3) is 10.9 Å². The molecule has 0 aliphatic carbocycles. The maximum absolute atomic E-state index is 12.2. The maximum atomic E-state index is 12.2. The molecule has 0 unspecified atom stereocenters. The van der Waals surface area contributed by atoms with E-state index in [1.165, 1.54) is 0 Å². The van der Waals surface area contributed by atoms with E-state index in [1.54, 1.807) is 42.3 Å². The first-order valence-electron chi connectivity index (χ1n) is 5.81. The Bertz CT molecular complexity index is 755. The minimum atomic E-state index is -0.199. The van der Waals surface area contributed by atoms with Crippen LogP contribution in [-0.2, 0) is 7.05 Å². The molecule has 1 amide bonds. The van der Waals surface area contributed by atoms with Crippen LogP contribution in [0.4, 0.5) is 11.5 Å². The number of fused-ring (bicyclic) bond motifs is 1. The van der Waals surface area contributed by atoms with Crippen LogP contribution in [0.15, 0.2) is 36.7 Å². The Hall–Kier alpha value is -2.76. The number of aryl methyl sites for hydroxylation is 1. The van der Waals surface area contributed by atoms with Gasteiger partial charge in [0.25, 0.3) is 5.91 Å². The predicted molar refractivity (Wildman–Crippen MR) is 73.9 cm³/mol. The summed E-state index contributed by atoms with van der Waals surface area (Å²) in [6.07, 6.45) is 3.44. The number of hydrogen-bond acceptors (Lipinski definition) is 3. The molecule has 0 atom stereocenters. The Kier molecular flexibility index (Phi) is 2.49. The molecule has 3 aromatic rings. The van der Waals surface area contributed by atoms with Crippen molar-refractivity contribution in [2.24, 2.45) is 7.05 Å². The van der Waals surface area contributed by atoms with E-state index in [1.807, 2.05) is 6.07 Å². The smallest absolute Gasteiger partial charge is 0.259 e. The lowest BCUT2D eigenvalue weighted by atomic mass is 10.1. The van der Waals surface area contributed by atoms with Crippen molar-refractivity contribution in [3.8, 4) is 0 Å². The van der Waals surface area contributed by atoms with Crippen LogP contribution in [0.5, 0.6) is 0 Å². The van der Waals surface area contributed by atoms with Gasteiger partial charge in [-0.05, 0) is 18.2 Å². The highest BCUT2D eigenvalue weighted by Gasteiger charge is 2.13. The van der Waals surface area contributed by atoms with E-state index < -0.39 is 0 Å². The fourth-order valence-electron chi connectivity index (χ4n) is 2.00. The minimum Gasteiger partial charge on any atom is -0.399 e. The molecule has 3 rings (SSSR count). The van der Waals surface area contributed by atoms with E-state index in [2.05, 4.69) is 15.4 Å². The lowest BCUT2D eigenvalue weighted by molar-refractivity contribution is 0.102. The molecule has 0 aliphatic rings. The van der Waals surface area contributed by atoms with Crippen molar-refractivity contribution >= 4 is 28.3 Å². The Balaban J connectivity index is 1.93. The van der Waals surface area contributed by atoms with Crippen LogP contribution in [0.3, 0.4) is 0 Å². The zero-order valence-electron chi connectivity index (χ0n) is 10.3. The van der Waals surface area contributed by atoms with Gasteiger partial charge in [-0.1, -0.05) is 0 Å². The van der Waals surface area contributed by atoms with Gasteiger partial charge in [0.05, 0.1) is 5.56 Å². The quantitative estimate of drug-likeness (QED) is 0.609. The topological polar surface area (TPSA) is 88.7 Å². The molecule has 0 bridgehead atoms. The molecular formula is C13H13N5O. The Labute approximate surface area is 109 Å². The Morgan fingerprint density at radius 3 is 3.00 bits per heavy atom. The number of anilines is 2. The minimum absolute atomic E-state index is 0.199. The van der Waals surface area contributed by atoms with E-state index in [-0.39, 0.29) is 5.91 Å². The molecule has 0 fully saturated rings. The van der Waals surface area contributed by atoms with E-state index in [0.717, 1.165) is 10.9 Å². The number of aromatic amines is 1. The molecule has 96 valence electrons. The SMILES string of the molecule is Cn1ccc(NC(=O)c2c[nH]c3cc(N)ccc23)n1. The van der Waals surface area contributed by atoms with Crippen molar-refractivity contribution in [2.45, 2.75) is 0 Å². The summed E-state index contributed by atoms with van der Waals surface area (Å²) in [4.78, 5) is 15.2. The highest BCUT2D eigenvalue weighted by molar-refractivity contribution is 6.12. The molecule has 1 aromatic carbocycles. The second-order valence-electron chi connectivity index (χ2n) is 4.34. The van der Waals surface area contributed by atoms with Gasteiger partial charge in [0.1, 0.15) is 0 Å². The molecule has 6 nitrogen and oxygen atoms in total. The average Bonchev–Trinajstić information content (AvgIpc) is 2.95. The van der Waals surface area contributed by atoms with Crippen LogP contribution in [-0.4, -0.2) is 20.7 Å². The predicted octanol–water partition coefficient (Wildman–Crippen LogP) is 1.74. The number of nitrogen functional groups attached to an aromatic ring is 1. The van der Waals surface area contributed by atoms with Gasteiger partial charge in [-0.2, -0.15) is 5.10 Å². The van der Waals surface area contributed by atoms with Gasteiger partial charge in [-0.3, -0.25) is 9.48 Å². The number of carbonyl (C=O) groups excluding carboxylic acids is 1. The molecule has 19 heavy (non-hydrogen) atoms. The molecule has 6 heteroatoms. The van der Waals surface area contributed by atoms with Crippen LogP contribution in [0.1, 0.15) is 10.4 Å². The third-order valence-corrected chi connectivity index (χ3v) is 2.91. The first-order chi connectivity index (χ1) is 9.13. The number of rotatable bonds is 2. The van der Waals surface area contributed by atoms with Gasteiger partial charge in [-0.25, -0.2) is 0 Å². The summed E-state index contributed by atoms with van der Waals surface area (Å²) in [5.41, 5.74) is 7.77. The first-order valence-corrected chi connectivity index (χ1v) is 5.81. The normalized spacial score (nSPS) is 10.8. The molecule has 0 radical (unpaired) electrons. The van der Waals surface area contributed by atoms with Crippen molar-refractivity contribution in [3.05, 3.63) is 42.2 Å². The number of hydrogen-bond donors (Lipinski definition) is 3. The fraction of sp³-hybridized carbons (Fsp3) is 0.0769. The number of nitrogens with one attached hydrogen (secondary N) is 2. The van der Waals surface area contributed by atoms with E-state index >= 15 is 0 Å². The third kappa shape index (κ3) is 2.03. The van der Waals surface area contributed by atoms with Crippen LogP contribution >= 0.6 is 0 Å². The van der Waals surface area contributed by atoms with Gasteiger partial charge in [0.2, 0.25) is 0 Å². The number of aromatic nitrogens is 3. The van der Waals surface area contributed by atoms with Crippen molar-refractivity contribution in [3.63, 3.8) is 0 Å². The summed E-state index contributed by atoms with van der Waals surface area (Å²) in [6.45, 7) is 0. The number of carbonyl (C=O) groups is 1. The fourth-order valence-corrected chi connectivity index (χ4v) is 2.00. The summed E-state index contributed by atoms with van der Waals surface area (Å²) < 4.78 is 1.63. The lowest BCUT2D eigenvalue weighted by Gasteiger charge is -2.00. The van der Waals surface area contributed by atoms with E-state index in [9.17, 15) is 4.79 Å². The van der Waals surface area contributed by atoms with E-state index in [0.29, 0.717) is 17.1 Å². The lowest BCUT2D eigenvalue weighted by Crippen LogP contribution is -2.12. The van der Waals surface area contributed by atoms with Gasteiger partial charge in [0.15, 0.2) is 5.82 Å². The molecular weight excluding hydrogens is 242 g/mol. The second kappa shape index (κ2) is 4.16. The van der Waals surface area contributed by atoms with Gasteiger partial charge < -0.3 is 16.0 Å². The molecule has 2 heterocycles. The van der Waals surface area contributed by atoms with Gasteiger partial charge in [0, 0.05) is 42.1 Å². The van der Waals surface area contributed by atoms with Crippen LogP contribution in [0.2, 0.25) is 0 Å². The van der Waals surface area contributed by atoms with Crippen molar-refractivity contribution in [2.75, 3.05) is 11.1 Å². The molecule has 0 saturated heterocycles. The van der Waals surface area contributed by atoms with Crippen molar-refractivity contribution < 1.29 is 4.79 Å². The number of nitrogens with zero attached hydrogens (tertiary/aromatic N) is 2. The molecule has 0 aliphatic heterocycles. The van der Waals surface area contributed by atoms with Crippen LogP contribution in [0, 0.1) is 0 Å². The zero-order valence-corrected chi connectivity index (χ0v) is 10.3. The van der Waals surface area contributed by atoms with E-state index in [4.69, 9.17) is 5.73 Å². The monoisotopic (exact) mass is 255 g/mol. The van der Waals surface area contributed by atoms with Crippen molar-refractivity contribution in [1.82, 2.24) is 14.8 Å². The summed E-state index contributed by atoms with van der Waals surface area (Å²) in [5.74, 6) is 0.326. The average molecular weight is 255 g/mol. The summed E-state index contributed by atoms with van der Waals surface area (Å²) in [6, 6.07) is 7.14. The number of H-pyrrole nitrogens is 1. The highest BCUT2D eigenvalue weighted by atomic mass is 16.1. The Morgan fingerprint density at radius 2 is 2.26 bits per heavy atom. The Morgan fingerprint density at radius 1 is 1.42 bits per heavy atom. The number of nitrogens with two attached hydrogens (primary N) is 1. The van der Waals surface area contributed by atoms with Crippen molar-refractivity contribution in [1.29, 1.82) is 0 Å². The molecule has 2 aromatic heterocycles. The molecule has 4 N–H and O–H groups in total. The summed E-state index contributed by atoms with van der Waals surface area (Å²) in [7, 11) is 1.80. The highest BCUT2D eigenvalue weighted by Crippen LogP contribution is 2.21. The number of amides is 1. The van der Waals surface area contributed by atoms with Crippen LogP contribution < -0.4 is 11.1 Å².